The molecule has 0 radical (unpaired) electrons. The highest BCUT2D eigenvalue weighted by Gasteiger charge is 2.37. The van der Waals surface area contributed by atoms with E-state index in [9.17, 15) is 4.79 Å². The number of hydrogen-bond donors (Lipinski definition) is 2. The summed E-state index contributed by atoms with van der Waals surface area (Å²) >= 11 is 6.25. The molecule has 1 aromatic carbocycles. The van der Waals surface area contributed by atoms with Crippen molar-refractivity contribution in [2.75, 3.05) is 24.5 Å². The number of benzene rings is 1. The molecular formula is C12H15ClN4O. The second-order valence-electron chi connectivity index (χ2n) is 4.56. The molecule has 0 saturated carbocycles. The second kappa shape index (κ2) is 4.42. The molecule has 1 aromatic rings. The second-order valence-corrected chi connectivity index (χ2v) is 4.97. The lowest BCUT2D eigenvalue weighted by Crippen LogP contribution is -2.58. The van der Waals surface area contributed by atoms with Gasteiger partial charge in [0.05, 0.1) is 16.3 Å². The van der Waals surface area contributed by atoms with Crippen LogP contribution < -0.4 is 16.1 Å². The van der Waals surface area contributed by atoms with E-state index in [1.54, 1.807) is 12.1 Å². The van der Waals surface area contributed by atoms with Gasteiger partial charge in [-0.1, -0.05) is 17.7 Å². The first-order valence-electron chi connectivity index (χ1n) is 6.04. The van der Waals surface area contributed by atoms with Gasteiger partial charge >= 0.3 is 0 Å². The Kier molecular flexibility index (Phi) is 2.89. The SMILES string of the molecule is NN1C(=O)c2cccc(Cl)c2N2CCNCCC12. The van der Waals surface area contributed by atoms with Crippen molar-refractivity contribution in [3.05, 3.63) is 28.8 Å². The van der Waals surface area contributed by atoms with Crippen molar-refractivity contribution >= 4 is 23.2 Å². The summed E-state index contributed by atoms with van der Waals surface area (Å²) in [5.74, 6) is 5.78. The Labute approximate surface area is 110 Å². The zero-order valence-corrected chi connectivity index (χ0v) is 10.7. The van der Waals surface area contributed by atoms with Crippen molar-refractivity contribution in [2.45, 2.75) is 12.6 Å². The molecule has 1 saturated heterocycles. The van der Waals surface area contributed by atoms with E-state index >= 15 is 0 Å². The fourth-order valence-corrected chi connectivity index (χ4v) is 2.95. The summed E-state index contributed by atoms with van der Waals surface area (Å²) in [7, 11) is 0. The number of hydrazine groups is 1. The van der Waals surface area contributed by atoms with Gasteiger partial charge in [0, 0.05) is 19.5 Å². The Bertz CT molecular complexity index is 493. The molecule has 1 fully saturated rings. The molecule has 0 aliphatic carbocycles. The highest BCUT2D eigenvalue weighted by molar-refractivity contribution is 6.34. The van der Waals surface area contributed by atoms with E-state index in [2.05, 4.69) is 10.2 Å². The largest absolute Gasteiger partial charge is 0.347 e. The van der Waals surface area contributed by atoms with Gasteiger partial charge in [0.25, 0.3) is 5.91 Å². The van der Waals surface area contributed by atoms with Crippen LogP contribution in [0.25, 0.3) is 0 Å². The van der Waals surface area contributed by atoms with Crippen LogP contribution in [0.5, 0.6) is 0 Å². The lowest BCUT2D eigenvalue weighted by molar-refractivity contribution is 0.0646. The smallest absolute Gasteiger partial charge is 0.271 e. The number of anilines is 1. The third-order valence-electron chi connectivity index (χ3n) is 3.53. The van der Waals surface area contributed by atoms with Crippen LogP contribution in [0.4, 0.5) is 5.69 Å². The summed E-state index contributed by atoms with van der Waals surface area (Å²) in [6.07, 6.45) is 0.687. The Morgan fingerprint density at radius 2 is 2.22 bits per heavy atom. The monoisotopic (exact) mass is 266 g/mol. The first-order chi connectivity index (χ1) is 8.70. The van der Waals surface area contributed by atoms with E-state index in [1.165, 1.54) is 5.01 Å². The molecule has 2 aliphatic heterocycles. The van der Waals surface area contributed by atoms with Crippen LogP contribution in [0, 0.1) is 0 Å². The number of halogens is 1. The summed E-state index contributed by atoms with van der Waals surface area (Å²) in [4.78, 5) is 14.4. The quantitative estimate of drug-likeness (QED) is 0.539. The molecule has 0 bridgehead atoms. The number of nitrogens with one attached hydrogen (secondary N) is 1. The fourth-order valence-electron chi connectivity index (χ4n) is 2.66. The van der Waals surface area contributed by atoms with Crippen LogP contribution in [-0.4, -0.2) is 36.7 Å². The van der Waals surface area contributed by atoms with Gasteiger partial charge in [-0.15, -0.1) is 0 Å². The molecule has 6 heteroatoms. The lowest BCUT2D eigenvalue weighted by Gasteiger charge is -2.42. The van der Waals surface area contributed by atoms with Crippen molar-refractivity contribution in [1.82, 2.24) is 10.3 Å². The minimum absolute atomic E-state index is 0.111. The highest BCUT2D eigenvalue weighted by Crippen LogP contribution is 2.36. The average molecular weight is 267 g/mol. The van der Waals surface area contributed by atoms with Gasteiger partial charge in [0.1, 0.15) is 6.17 Å². The Hall–Kier alpha value is -1.30. The fraction of sp³-hybridized carbons (Fsp3) is 0.417. The number of hydrogen-bond acceptors (Lipinski definition) is 4. The molecule has 1 unspecified atom stereocenters. The van der Waals surface area contributed by atoms with Gasteiger partial charge in [-0.2, -0.15) is 0 Å². The molecule has 96 valence electrons. The predicted octanol–water partition coefficient (Wildman–Crippen LogP) is 0.795. The predicted molar refractivity (Wildman–Crippen MR) is 70.4 cm³/mol. The number of nitrogens with zero attached hydrogens (tertiary/aromatic N) is 2. The van der Waals surface area contributed by atoms with Gasteiger partial charge in [0.2, 0.25) is 0 Å². The maximum atomic E-state index is 12.2. The lowest BCUT2D eigenvalue weighted by atomic mass is 10.1. The minimum Gasteiger partial charge on any atom is -0.347 e. The van der Waals surface area contributed by atoms with Crippen molar-refractivity contribution in [3.8, 4) is 0 Å². The standard InChI is InChI=1S/C12H15ClN4O/c13-9-3-1-2-8-11(9)16-7-6-15-5-4-10(16)17(14)12(8)18/h1-3,10,15H,4-7,14H2. The maximum Gasteiger partial charge on any atom is 0.271 e. The summed E-state index contributed by atoms with van der Waals surface area (Å²) < 4.78 is 0. The maximum absolute atomic E-state index is 12.2. The summed E-state index contributed by atoms with van der Waals surface area (Å²) in [5.41, 5.74) is 1.41. The van der Waals surface area contributed by atoms with E-state index in [0.29, 0.717) is 10.6 Å². The topological polar surface area (TPSA) is 61.6 Å². The highest BCUT2D eigenvalue weighted by atomic mass is 35.5. The van der Waals surface area contributed by atoms with E-state index in [1.807, 2.05) is 6.07 Å². The molecule has 1 atom stereocenters. The molecule has 5 nitrogen and oxygen atoms in total. The number of amides is 1. The molecule has 1 amide bonds. The van der Waals surface area contributed by atoms with E-state index < -0.39 is 0 Å². The molecule has 3 N–H and O–H groups in total. The van der Waals surface area contributed by atoms with Gasteiger partial charge in [-0.3, -0.25) is 9.80 Å². The van der Waals surface area contributed by atoms with Gasteiger partial charge in [-0.05, 0) is 18.7 Å². The number of fused-ring (bicyclic) bond motifs is 3. The van der Waals surface area contributed by atoms with E-state index in [4.69, 9.17) is 17.4 Å². The van der Waals surface area contributed by atoms with Gasteiger partial charge < -0.3 is 10.2 Å². The Morgan fingerprint density at radius 3 is 3.06 bits per heavy atom. The van der Waals surface area contributed by atoms with Crippen LogP contribution in [0.1, 0.15) is 16.8 Å². The van der Waals surface area contributed by atoms with Crippen LogP contribution in [-0.2, 0) is 0 Å². The van der Waals surface area contributed by atoms with Gasteiger partial charge in [0.15, 0.2) is 0 Å². The van der Waals surface area contributed by atoms with Crippen molar-refractivity contribution in [1.29, 1.82) is 0 Å². The van der Waals surface area contributed by atoms with E-state index in [0.717, 1.165) is 31.7 Å². The Morgan fingerprint density at radius 1 is 1.39 bits per heavy atom. The number of para-hydroxylation sites is 1. The number of carbonyl (C=O) groups excluding carboxylic acids is 1. The normalized spacial score (nSPS) is 23.4. The van der Waals surface area contributed by atoms with Crippen molar-refractivity contribution < 1.29 is 4.79 Å². The number of carbonyl (C=O) groups is 1. The molecule has 0 spiro atoms. The van der Waals surface area contributed by atoms with Crippen LogP contribution in [0.3, 0.4) is 0 Å². The first-order valence-corrected chi connectivity index (χ1v) is 6.42. The average Bonchev–Trinajstić information content (AvgIpc) is 2.61. The summed E-state index contributed by atoms with van der Waals surface area (Å²) in [6.45, 7) is 2.51. The number of rotatable bonds is 0. The third-order valence-corrected chi connectivity index (χ3v) is 3.83. The first kappa shape index (κ1) is 11.8. The zero-order valence-electron chi connectivity index (χ0n) is 9.90. The molecule has 2 heterocycles. The zero-order chi connectivity index (χ0) is 12.7. The number of nitrogens with two attached hydrogens (primary N) is 1. The molecule has 0 aromatic heterocycles. The molecule has 3 rings (SSSR count). The van der Waals surface area contributed by atoms with Crippen LogP contribution in [0.15, 0.2) is 18.2 Å². The van der Waals surface area contributed by atoms with Gasteiger partial charge in [-0.25, -0.2) is 5.84 Å². The summed E-state index contributed by atoms with van der Waals surface area (Å²) in [5, 5.41) is 5.25. The van der Waals surface area contributed by atoms with Crippen LogP contribution in [0.2, 0.25) is 5.02 Å². The minimum atomic E-state index is -0.157. The molecule has 18 heavy (non-hydrogen) atoms. The third kappa shape index (κ3) is 1.67. The van der Waals surface area contributed by atoms with Crippen molar-refractivity contribution in [2.24, 2.45) is 5.84 Å². The molecular weight excluding hydrogens is 252 g/mol. The Balaban J connectivity index is 2.14. The summed E-state index contributed by atoms with van der Waals surface area (Å²) in [6, 6.07) is 5.37. The van der Waals surface area contributed by atoms with Crippen LogP contribution >= 0.6 is 11.6 Å². The molecule has 2 aliphatic rings. The van der Waals surface area contributed by atoms with Crippen molar-refractivity contribution in [3.63, 3.8) is 0 Å². The van der Waals surface area contributed by atoms with E-state index in [-0.39, 0.29) is 12.1 Å².